The maximum Gasteiger partial charge on any atom is 0.309 e. The standard InChI is InChI=1S/C19H28N2O5/c1-12(2)15(17(23)20-11-10-19(3,4)18(24)25)21-16(22)13-8-6-7-9-14(13)26-5/h6-9,12,15H,10-11H2,1-5H3,(H,20,23)(H,21,22)(H,24,25). The van der Waals surface area contributed by atoms with Crippen LogP contribution in [0.15, 0.2) is 24.3 Å². The number of carboxylic acid groups (broad SMARTS) is 1. The second-order valence-electron chi connectivity index (χ2n) is 7.13. The highest BCUT2D eigenvalue weighted by Gasteiger charge is 2.29. The Labute approximate surface area is 154 Å². The van der Waals surface area contributed by atoms with Crippen molar-refractivity contribution in [3.63, 3.8) is 0 Å². The van der Waals surface area contributed by atoms with E-state index in [2.05, 4.69) is 10.6 Å². The van der Waals surface area contributed by atoms with Gasteiger partial charge >= 0.3 is 5.97 Å². The molecular formula is C19H28N2O5. The number of amides is 2. The molecule has 0 saturated carbocycles. The van der Waals surface area contributed by atoms with Crippen LogP contribution in [0.4, 0.5) is 0 Å². The van der Waals surface area contributed by atoms with Crippen molar-refractivity contribution in [3.05, 3.63) is 29.8 Å². The first kappa shape index (κ1) is 21.5. The summed E-state index contributed by atoms with van der Waals surface area (Å²) in [6, 6.07) is 6.04. The van der Waals surface area contributed by atoms with Gasteiger partial charge in [0.25, 0.3) is 5.91 Å². The lowest BCUT2D eigenvalue weighted by Gasteiger charge is -2.24. The van der Waals surface area contributed by atoms with Crippen molar-refractivity contribution in [3.8, 4) is 5.75 Å². The first-order valence-corrected chi connectivity index (χ1v) is 8.55. The number of methoxy groups -OCH3 is 1. The monoisotopic (exact) mass is 364 g/mol. The van der Waals surface area contributed by atoms with Crippen molar-refractivity contribution in [1.82, 2.24) is 10.6 Å². The molecule has 26 heavy (non-hydrogen) atoms. The van der Waals surface area contributed by atoms with Crippen molar-refractivity contribution in [2.75, 3.05) is 13.7 Å². The van der Waals surface area contributed by atoms with E-state index in [0.717, 1.165) is 0 Å². The molecule has 0 radical (unpaired) electrons. The van der Waals surface area contributed by atoms with Crippen LogP contribution in [-0.4, -0.2) is 42.6 Å². The van der Waals surface area contributed by atoms with Crippen LogP contribution in [0, 0.1) is 11.3 Å². The van der Waals surface area contributed by atoms with Gasteiger partial charge in [0.05, 0.1) is 18.1 Å². The van der Waals surface area contributed by atoms with E-state index in [4.69, 9.17) is 9.84 Å². The topological polar surface area (TPSA) is 105 Å². The van der Waals surface area contributed by atoms with Gasteiger partial charge in [-0.3, -0.25) is 14.4 Å². The van der Waals surface area contributed by atoms with E-state index in [1.807, 2.05) is 13.8 Å². The van der Waals surface area contributed by atoms with E-state index in [0.29, 0.717) is 17.7 Å². The molecule has 1 rings (SSSR count). The van der Waals surface area contributed by atoms with Crippen LogP contribution in [0.25, 0.3) is 0 Å². The normalized spacial score (nSPS) is 12.4. The summed E-state index contributed by atoms with van der Waals surface area (Å²) in [5.41, 5.74) is -0.582. The van der Waals surface area contributed by atoms with Crippen LogP contribution in [0.2, 0.25) is 0 Å². The molecule has 144 valence electrons. The molecule has 0 bridgehead atoms. The van der Waals surface area contributed by atoms with E-state index < -0.39 is 23.3 Å². The number of nitrogens with one attached hydrogen (secondary N) is 2. The van der Waals surface area contributed by atoms with Crippen LogP contribution in [-0.2, 0) is 9.59 Å². The van der Waals surface area contributed by atoms with Crippen molar-refractivity contribution in [1.29, 1.82) is 0 Å². The average Bonchev–Trinajstić information content (AvgIpc) is 2.58. The summed E-state index contributed by atoms with van der Waals surface area (Å²) in [7, 11) is 1.48. The molecule has 2 amide bonds. The van der Waals surface area contributed by atoms with Gasteiger partial charge in [0.1, 0.15) is 11.8 Å². The number of carbonyl (C=O) groups is 3. The summed E-state index contributed by atoms with van der Waals surface area (Å²) in [6.07, 6.45) is 0.291. The van der Waals surface area contributed by atoms with Crippen LogP contribution in [0.3, 0.4) is 0 Å². The lowest BCUT2D eigenvalue weighted by atomic mass is 9.89. The van der Waals surface area contributed by atoms with Crippen molar-refractivity contribution in [2.45, 2.75) is 40.2 Å². The zero-order chi connectivity index (χ0) is 19.9. The van der Waals surface area contributed by atoms with E-state index in [1.54, 1.807) is 38.1 Å². The summed E-state index contributed by atoms with van der Waals surface area (Å²) in [5.74, 6) is -1.37. The molecule has 3 N–H and O–H groups in total. The molecule has 1 atom stereocenters. The molecular weight excluding hydrogens is 336 g/mol. The van der Waals surface area contributed by atoms with Gasteiger partial charge in [-0.2, -0.15) is 0 Å². The first-order valence-electron chi connectivity index (χ1n) is 8.55. The number of hydrogen-bond donors (Lipinski definition) is 3. The second-order valence-corrected chi connectivity index (χ2v) is 7.13. The third-order valence-electron chi connectivity index (χ3n) is 4.22. The minimum absolute atomic E-state index is 0.138. The minimum Gasteiger partial charge on any atom is -0.496 e. The number of carbonyl (C=O) groups excluding carboxylic acids is 2. The SMILES string of the molecule is COc1ccccc1C(=O)NC(C(=O)NCCC(C)(C)C(=O)O)C(C)C. The molecule has 0 saturated heterocycles. The quantitative estimate of drug-likeness (QED) is 0.622. The third-order valence-corrected chi connectivity index (χ3v) is 4.22. The first-order chi connectivity index (χ1) is 12.1. The van der Waals surface area contributed by atoms with Gasteiger partial charge in [0.2, 0.25) is 5.91 Å². The summed E-state index contributed by atoms with van der Waals surface area (Å²) in [5, 5.41) is 14.6. The Bertz CT molecular complexity index is 655. The van der Waals surface area contributed by atoms with Crippen LogP contribution in [0.5, 0.6) is 5.75 Å². The molecule has 7 heteroatoms. The average molecular weight is 364 g/mol. The van der Waals surface area contributed by atoms with Crippen molar-refractivity contribution >= 4 is 17.8 Å². The molecule has 1 unspecified atom stereocenters. The Balaban J connectivity index is 2.75. The highest BCUT2D eigenvalue weighted by Crippen LogP contribution is 2.20. The predicted molar refractivity (Wildman–Crippen MR) is 98.1 cm³/mol. The maximum absolute atomic E-state index is 12.5. The molecule has 1 aromatic rings. The molecule has 0 aliphatic carbocycles. The number of rotatable bonds is 9. The highest BCUT2D eigenvalue weighted by atomic mass is 16.5. The van der Waals surface area contributed by atoms with Gasteiger partial charge < -0.3 is 20.5 Å². The van der Waals surface area contributed by atoms with Crippen LogP contribution in [0.1, 0.15) is 44.5 Å². The molecule has 1 aromatic carbocycles. The van der Waals surface area contributed by atoms with Gasteiger partial charge in [-0.15, -0.1) is 0 Å². The number of benzene rings is 1. The molecule has 0 spiro atoms. The van der Waals surface area contributed by atoms with Gasteiger partial charge in [-0.25, -0.2) is 0 Å². The molecule has 0 aliphatic heterocycles. The Kier molecular flexibility index (Phi) is 7.61. The lowest BCUT2D eigenvalue weighted by molar-refractivity contribution is -0.147. The van der Waals surface area contributed by atoms with E-state index >= 15 is 0 Å². The zero-order valence-corrected chi connectivity index (χ0v) is 16.0. The van der Waals surface area contributed by atoms with E-state index in [1.165, 1.54) is 7.11 Å². The number of ether oxygens (including phenoxy) is 1. The Morgan fingerprint density at radius 2 is 1.81 bits per heavy atom. The summed E-state index contributed by atoms with van der Waals surface area (Å²) < 4.78 is 5.18. The van der Waals surface area contributed by atoms with E-state index in [9.17, 15) is 14.4 Å². The van der Waals surface area contributed by atoms with Crippen molar-refractivity contribution < 1.29 is 24.2 Å². The fraction of sp³-hybridized carbons (Fsp3) is 0.526. The number of para-hydroxylation sites is 1. The predicted octanol–water partition coefficient (Wildman–Crippen LogP) is 2.07. The van der Waals surface area contributed by atoms with Gasteiger partial charge in [0, 0.05) is 6.54 Å². The van der Waals surface area contributed by atoms with Crippen LogP contribution >= 0.6 is 0 Å². The van der Waals surface area contributed by atoms with Gasteiger partial charge in [-0.05, 0) is 38.3 Å². The fourth-order valence-corrected chi connectivity index (χ4v) is 2.30. The fourth-order valence-electron chi connectivity index (χ4n) is 2.30. The number of aliphatic carboxylic acids is 1. The molecule has 0 aliphatic rings. The molecule has 0 fully saturated rings. The Hall–Kier alpha value is -2.57. The Morgan fingerprint density at radius 3 is 2.35 bits per heavy atom. The summed E-state index contributed by atoms with van der Waals surface area (Å²) in [6.45, 7) is 7.07. The van der Waals surface area contributed by atoms with Gasteiger partial charge in [0.15, 0.2) is 0 Å². The second kappa shape index (κ2) is 9.22. The lowest BCUT2D eigenvalue weighted by Crippen LogP contribution is -2.50. The largest absolute Gasteiger partial charge is 0.496 e. The zero-order valence-electron chi connectivity index (χ0n) is 16.0. The number of carboxylic acids is 1. The third kappa shape index (κ3) is 5.75. The molecule has 0 aromatic heterocycles. The number of hydrogen-bond acceptors (Lipinski definition) is 4. The smallest absolute Gasteiger partial charge is 0.309 e. The van der Waals surface area contributed by atoms with E-state index in [-0.39, 0.29) is 18.4 Å². The maximum atomic E-state index is 12.5. The highest BCUT2D eigenvalue weighted by molar-refractivity contribution is 5.99. The summed E-state index contributed by atoms with van der Waals surface area (Å²) in [4.78, 5) is 36.1. The van der Waals surface area contributed by atoms with Crippen molar-refractivity contribution in [2.24, 2.45) is 11.3 Å². The summed E-state index contributed by atoms with van der Waals surface area (Å²) >= 11 is 0. The minimum atomic E-state index is -0.929. The van der Waals surface area contributed by atoms with Crippen LogP contribution < -0.4 is 15.4 Å². The van der Waals surface area contributed by atoms with Gasteiger partial charge in [-0.1, -0.05) is 26.0 Å². The molecule has 7 nitrogen and oxygen atoms in total. The molecule has 0 heterocycles. The Morgan fingerprint density at radius 1 is 1.19 bits per heavy atom.